The van der Waals surface area contributed by atoms with Crippen LogP contribution < -0.4 is 10.5 Å². The molecule has 102 valence electrons. The minimum atomic E-state index is -0.434. The van der Waals surface area contributed by atoms with E-state index in [4.69, 9.17) is 14.9 Å². The van der Waals surface area contributed by atoms with E-state index in [9.17, 15) is 4.39 Å². The Labute approximate surface area is 112 Å². The highest BCUT2D eigenvalue weighted by molar-refractivity contribution is 5.24. The molecule has 2 rings (SSSR count). The standard InChI is InChI=1S/C15H18FNO2/c1-10(2)14(17)15(13-7-4-8-18-13)19-12-6-3-5-11(16)9-12/h3-10,14-15H,17H2,1-2H3. The van der Waals surface area contributed by atoms with Crippen LogP contribution in [0.15, 0.2) is 47.1 Å². The van der Waals surface area contributed by atoms with Gasteiger partial charge in [-0.3, -0.25) is 0 Å². The molecule has 1 heterocycles. The smallest absolute Gasteiger partial charge is 0.171 e. The number of hydrogen-bond donors (Lipinski definition) is 1. The summed E-state index contributed by atoms with van der Waals surface area (Å²) >= 11 is 0. The van der Waals surface area contributed by atoms with Gasteiger partial charge in [-0.25, -0.2) is 4.39 Å². The van der Waals surface area contributed by atoms with Gasteiger partial charge in [0.05, 0.1) is 12.3 Å². The number of furan rings is 1. The van der Waals surface area contributed by atoms with Crippen molar-refractivity contribution in [2.75, 3.05) is 0 Å². The van der Waals surface area contributed by atoms with Crippen molar-refractivity contribution < 1.29 is 13.5 Å². The van der Waals surface area contributed by atoms with E-state index in [2.05, 4.69) is 0 Å². The third kappa shape index (κ3) is 3.35. The molecule has 0 saturated carbocycles. The maximum atomic E-state index is 13.2. The lowest BCUT2D eigenvalue weighted by molar-refractivity contribution is 0.126. The Balaban J connectivity index is 2.23. The normalized spacial score (nSPS) is 14.4. The molecule has 2 unspecified atom stereocenters. The summed E-state index contributed by atoms with van der Waals surface area (Å²) in [5.74, 6) is 0.959. The first kappa shape index (κ1) is 13.6. The topological polar surface area (TPSA) is 48.4 Å². The molecule has 0 spiro atoms. The van der Waals surface area contributed by atoms with Crippen LogP contribution in [0.4, 0.5) is 4.39 Å². The van der Waals surface area contributed by atoms with E-state index < -0.39 is 6.10 Å². The summed E-state index contributed by atoms with van der Waals surface area (Å²) in [4.78, 5) is 0. The number of benzene rings is 1. The van der Waals surface area contributed by atoms with Crippen LogP contribution in [0.5, 0.6) is 5.75 Å². The summed E-state index contributed by atoms with van der Waals surface area (Å²) in [7, 11) is 0. The van der Waals surface area contributed by atoms with Gasteiger partial charge in [0.1, 0.15) is 17.3 Å². The highest BCUT2D eigenvalue weighted by Gasteiger charge is 2.27. The van der Waals surface area contributed by atoms with Crippen molar-refractivity contribution in [2.45, 2.75) is 26.0 Å². The van der Waals surface area contributed by atoms with Gasteiger partial charge >= 0.3 is 0 Å². The summed E-state index contributed by atoms with van der Waals surface area (Å²) in [6, 6.07) is 9.36. The molecule has 0 amide bonds. The Morgan fingerprint density at radius 3 is 2.58 bits per heavy atom. The molecule has 1 aromatic heterocycles. The van der Waals surface area contributed by atoms with Gasteiger partial charge in [-0.15, -0.1) is 0 Å². The van der Waals surface area contributed by atoms with E-state index in [1.165, 1.54) is 12.1 Å². The highest BCUT2D eigenvalue weighted by Crippen LogP contribution is 2.27. The molecule has 2 N–H and O–H groups in total. The largest absolute Gasteiger partial charge is 0.481 e. The number of nitrogens with two attached hydrogens (primary N) is 1. The van der Waals surface area contributed by atoms with Gasteiger partial charge in [0.15, 0.2) is 6.10 Å². The van der Waals surface area contributed by atoms with Crippen LogP contribution in [-0.4, -0.2) is 6.04 Å². The van der Waals surface area contributed by atoms with Gasteiger partial charge < -0.3 is 14.9 Å². The fourth-order valence-electron chi connectivity index (χ4n) is 1.82. The van der Waals surface area contributed by atoms with Crippen LogP contribution in [0.3, 0.4) is 0 Å². The molecule has 0 fully saturated rings. The lowest BCUT2D eigenvalue weighted by Crippen LogP contribution is -2.36. The van der Waals surface area contributed by atoms with Crippen molar-refractivity contribution in [3.8, 4) is 5.75 Å². The van der Waals surface area contributed by atoms with Crippen molar-refractivity contribution in [1.82, 2.24) is 0 Å². The van der Waals surface area contributed by atoms with Gasteiger partial charge in [0.2, 0.25) is 0 Å². The van der Waals surface area contributed by atoms with E-state index in [1.54, 1.807) is 24.5 Å². The predicted molar refractivity (Wildman–Crippen MR) is 71.3 cm³/mol. The van der Waals surface area contributed by atoms with E-state index in [0.29, 0.717) is 11.5 Å². The molecular weight excluding hydrogens is 245 g/mol. The summed E-state index contributed by atoms with van der Waals surface area (Å²) in [5.41, 5.74) is 6.16. The van der Waals surface area contributed by atoms with E-state index >= 15 is 0 Å². The summed E-state index contributed by atoms with van der Waals surface area (Å²) < 4.78 is 24.4. The van der Waals surface area contributed by atoms with Crippen LogP contribution in [0.25, 0.3) is 0 Å². The van der Waals surface area contributed by atoms with Crippen LogP contribution in [0, 0.1) is 11.7 Å². The Morgan fingerprint density at radius 2 is 2.00 bits per heavy atom. The molecule has 3 nitrogen and oxygen atoms in total. The van der Waals surface area contributed by atoms with Crippen LogP contribution in [-0.2, 0) is 0 Å². The number of hydrogen-bond acceptors (Lipinski definition) is 3. The molecule has 0 aliphatic carbocycles. The summed E-state index contributed by atoms with van der Waals surface area (Å²) in [5, 5.41) is 0. The molecule has 2 aromatic rings. The lowest BCUT2D eigenvalue weighted by Gasteiger charge is -2.26. The average molecular weight is 263 g/mol. The molecule has 0 radical (unpaired) electrons. The minimum absolute atomic E-state index is 0.212. The third-order valence-corrected chi connectivity index (χ3v) is 3.00. The van der Waals surface area contributed by atoms with Gasteiger partial charge in [-0.2, -0.15) is 0 Å². The number of ether oxygens (including phenoxy) is 1. The zero-order valence-corrected chi connectivity index (χ0v) is 11.0. The highest BCUT2D eigenvalue weighted by atomic mass is 19.1. The Bertz CT molecular complexity index is 511. The summed E-state index contributed by atoms with van der Waals surface area (Å²) in [6.07, 6.45) is 1.14. The minimum Gasteiger partial charge on any atom is -0.481 e. The van der Waals surface area contributed by atoms with Gasteiger partial charge in [-0.1, -0.05) is 19.9 Å². The second-order valence-corrected chi connectivity index (χ2v) is 4.83. The molecule has 0 aliphatic rings. The average Bonchev–Trinajstić information content (AvgIpc) is 2.88. The first-order chi connectivity index (χ1) is 9.08. The number of rotatable bonds is 5. The maximum Gasteiger partial charge on any atom is 0.171 e. The quantitative estimate of drug-likeness (QED) is 0.897. The van der Waals surface area contributed by atoms with Crippen LogP contribution in [0.2, 0.25) is 0 Å². The molecule has 19 heavy (non-hydrogen) atoms. The summed E-state index contributed by atoms with van der Waals surface area (Å²) in [6.45, 7) is 4.02. The Hall–Kier alpha value is -1.81. The second-order valence-electron chi connectivity index (χ2n) is 4.83. The monoisotopic (exact) mass is 263 g/mol. The first-order valence-corrected chi connectivity index (χ1v) is 6.29. The van der Waals surface area contributed by atoms with Crippen LogP contribution in [0.1, 0.15) is 25.7 Å². The van der Waals surface area contributed by atoms with Crippen molar-refractivity contribution in [1.29, 1.82) is 0 Å². The fraction of sp³-hybridized carbons (Fsp3) is 0.333. The molecule has 0 aliphatic heterocycles. The van der Waals surface area contributed by atoms with Crippen LogP contribution >= 0.6 is 0 Å². The van der Waals surface area contributed by atoms with Crippen molar-refractivity contribution in [3.63, 3.8) is 0 Å². The van der Waals surface area contributed by atoms with Crippen molar-refractivity contribution >= 4 is 0 Å². The van der Waals surface area contributed by atoms with Crippen molar-refractivity contribution in [3.05, 3.63) is 54.2 Å². The van der Waals surface area contributed by atoms with E-state index in [-0.39, 0.29) is 17.8 Å². The molecule has 0 saturated heterocycles. The maximum absolute atomic E-state index is 13.2. The Kier molecular flexibility index (Phi) is 4.22. The lowest BCUT2D eigenvalue weighted by atomic mass is 9.98. The molecule has 4 heteroatoms. The van der Waals surface area contributed by atoms with Crippen molar-refractivity contribution in [2.24, 2.45) is 11.7 Å². The van der Waals surface area contributed by atoms with Gasteiger partial charge in [-0.05, 0) is 30.2 Å². The molecular formula is C15H18FNO2. The molecule has 2 atom stereocenters. The zero-order valence-electron chi connectivity index (χ0n) is 11.0. The molecule has 1 aromatic carbocycles. The third-order valence-electron chi connectivity index (χ3n) is 3.00. The fourth-order valence-corrected chi connectivity index (χ4v) is 1.82. The van der Waals surface area contributed by atoms with E-state index in [0.717, 1.165) is 0 Å². The first-order valence-electron chi connectivity index (χ1n) is 6.29. The van der Waals surface area contributed by atoms with Gasteiger partial charge in [0, 0.05) is 6.07 Å². The van der Waals surface area contributed by atoms with Gasteiger partial charge in [0.25, 0.3) is 0 Å². The predicted octanol–water partition coefficient (Wildman–Crippen LogP) is 3.52. The molecule has 0 bridgehead atoms. The SMILES string of the molecule is CC(C)C(N)C(Oc1cccc(F)c1)c1ccco1. The zero-order chi connectivity index (χ0) is 13.8. The second kappa shape index (κ2) is 5.89. The Morgan fingerprint density at radius 1 is 1.21 bits per heavy atom. The number of halogens is 1. The van der Waals surface area contributed by atoms with E-state index in [1.807, 2.05) is 19.9 Å².